The van der Waals surface area contributed by atoms with Crippen molar-refractivity contribution >= 4 is 23.4 Å². The number of rotatable bonds is 6. The summed E-state index contributed by atoms with van der Waals surface area (Å²) >= 11 is 0. The van der Waals surface area contributed by atoms with Gasteiger partial charge in [-0.25, -0.2) is 0 Å². The molecule has 1 fully saturated rings. The van der Waals surface area contributed by atoms with Gasteiger partial charge in [0.1, 0.15) is 0 Å². The normalized spacial score (nSPS) is 14.2. The van der Waals surface area contributed by atoms with Gasteiger partial charge in [-0.05, 0) is 55.2 Å². The Kier molecular flexibility index (Phi) is 6.36. The highest BCUT2D eigenvalue weighted by atomic mass is 16.5. The van der Waals surface area contributed by atoms with E-state index in [-0.39, 0.29) is 5.91 Å². The summed E-state index contributed by atoms with van der Waals surface area (Å²) in [5.41, 5.74) is 2.80. The molecule has 2 aromatic rings. The smallest absolute Gasteiger partial charge is 0.248 e. The molecule has 0 aliphatic carbocycles. The molecule has 1 aliphatic heterocycles. The maximum atomic E-state index is 12.4. The second kappa shape index (κ2) is 9.12. The van der Waals surface area contributed by atoms with Gasteiger partial charge in [0, 0.05) is 19.2 Å². The largest absolute Gasteiger partial charge is 0.493 e. The number of hydrogen-bond donors (Lipinski definition) is 1. The number of carbonyl (C=O) groups is 1. The molecule has 5 heteroatoms. The molecule has 0 saturated carbocycles. The van der Waals surface area contributed by atoms with E-state index in [2.05, 4.69) is 16.3 Å². The van der Waals surface area contributed by atoms with E-state index >= 15 is 0 Å². The van der Waals surface area contributed by atoms with Crippen molar-refractivity contribution in [2.24, 2.45) is 0 Å². The van der Waals surface area contributed by atoms with Crippen LogP contribution in [0.3, 0.4) is 0 Å². The van der Waals surface area contributed by atoms with Crippen LogP contribution in [-0.4, -0.2) is 33.2 Å². The number of benzene rings is 2. The van der Waals surface area contributed by atoms with Crippen LogP contribution in [0.4, 0.5) is 11.4 Å². The van der Waals surface area contributed by atoms with E-state index in [4.69, 9.17) is 9.47 Å². The molecular weight excluding hydrogens is 340 g/mol. The van der Waals surface area contributed by atoms with Gasteiger partial charge in [0.2, 0.25) is 5.91 Å². The van der Waals surface area contributed by atoms with Crippen LogP contribution in [-0.2, 0) is 4.79 Å². The van der Waals surface area contributed by atoms with Gasteiger partial charge in [-0.15, -0.1) is 0 Å². The fraction of sp³-hybridized carbons (Fsp3) is 0.318. The topological polar surface area (TPSA) is 50.8 Å². The van der Waals surface area contributed by atoms with Crippen LogP contribution in [0, 0.1) is 0 Å². The number of nitrogens with zero attached hydrogens (tertiary/aromatic N) is 1. The van der Waals surface area contributed by atoms with Crippen molar-refractivity contribution in [3.63, 3.8) is 0 Å². The van der Waals surface area contributed by atoms with E-state index < -0.39 is 0 Å². The Morgan fingerprint density at radius 1 is 1.00 bits per heavy atom. The molecule has 3 rings (SSSR count). The average molecular weight is 366 g/mol. The van der Waals surface area contributed by atoms with Gasteiger partial charge in [0.25, 0.3) is 0 Å². The van der Waals surface area contributed by atoms with Crippen molar-refractivity contribution in [3.8, 4) is 11.5 Å². The summed E-state index contributed by atoms with van der Waals surface area (Å²) in [6.07, 6.45) is 6.97. The Morgan fingerprint density at radius 2 is 1.74 bits per heavy atom. The molecule has 0 atom stereocenters. The lowest BCUT2D eigenvalue weighted by Crippen LogP contribution is -2.30. The molecule has 142 valence electrons. The van der Waals surface area contributed by atoms with Crippen molar-refractivity contribution in [2.75, 3.05) is 37.5 Å². The molecule has 0 unspecified atom stereocenters. The first-order valence-corrected chi connectivity index (χ1v) is 9.26. The predicted octanol–water partition coefficient (Wildman–Crippen LogP) is 4.35. The second-order valence-corrected chi connectivity index (χ2v) is 6.50. The van der Waals surface area contributed by atoms with E-state index in [1.165, 1.54) is 25.3 Å². The average Bonchev–Trinajstić information content (AvgIpc) is 2.73. The van der Waals surface area contributed by atoms with E-state index in [0.717, 1.165) is 30.0 Å². The third-order valence-corrected chi connectivity index (χ3v) is 4.69. The van der Waals surface area contributed by atoms with Crippen molar-refractivity contribution in [2.45, 2.75) is 19.3 Å². The Morgan fingerprint density at radius 3 is 2.48 bits per heavy atom. The number of anilines is 2. The molecule has 5 nitrogen and oxygen atoms in total. The standard InChI is InChI=1S/C22H26N2O3/c1-26-20-12-10-17(16-21(20)27-2)11-13-22(25)23-18-8-4-5-9-19(18)24-14-6-3-7-15-24/h4-5,8-13,16H,3,6-7,14-15H2,1-2H3,(H,23,25). The van der Waals surface area contributed by atoms with E-state index in [0.29, 0.717) is 11.5 Å². The highest BCUT2D eigenvalue weighted by Gasteiger charge is 2.14. The minimum absolute atomic E-state index is 0.158. The number of amides is 1. The first kappa shape index (κ1) is 18.8. The zero-order chi connectivity index (χ0) is 19.1. The number of hydrogen-bond acceptors (Lipinski definition) is 4. The zero-order valence-electron chi connectivity index (χ0n) is 15.9. The molecule has 1 heterocycles. The molecular formula is C22H26N2O3. The first-order chi connectivity index (χ1) is 13.2. The van der Waals surface area contributed by atoms with Gasteiger partial charge >= 0.3 is 0 Å². The molecule has 0 aromatic heterocycles. The van der Waals surface area contributed by atoms with Crippen molar-refractivity contribution in [1.82, 2.24) is 0 Å². The van der Waals surface area contributed by atoms with Crippen LogP contribution >= 0.6 is 0 Å². The van der Waals surface area contributed by atoms with E-state index in [9.17, 15) is 4.79 Å². The molecule has 1 N–H and O–H groups in total. The van der Waals surface area contributed by atoms with E-state index in [1.807, 2.05) is 36.4 Å². The van der Waals surface area contributed by atoms with Gasteiger partial charge in [0.15, 0.2) is 11.5 Å². The summed E-state index contributed by atoms with van der Waals surface area (Å²) in [6.45, 7) is 2.07. The van der Waals surface area contributed by atoms with Crippen molar-refractivity contribution < 1.29 is 14.3 Å². The number of ether oxygens (including phenoxy) is 2. The van der Waals surface area contributed by atoms with Gasteiger partial charge in [-0.3, -0.25) is 4.79 Å². The fourth-order valence-corrected chi connectivity index (χ4v) is 3.29. The molecule has 0 spiro atoms. The Balaban J connectivity index is 1.70. The highest BCUT2D eigenvalue weighted by Crippen LogP contribution is 2.29. The van der Waals surface area contributed by atoms with Crippen LogP contribution in [0.5, 0.6) is 11.5 Å². The summed E-state index contributed by atoms with van der Waals surface area (Å²) in [4.78, 5) is 14.8. The highest BCUT2D eigenvalue weighted by molar-refractivity contribution is 6.03. The lowest BCUT2D eigenvalue weighted by atomic mass is 10.1. The van der Waals surface area contributed by atoms with Crippen molar-refractivity contribution in [3.05, 3.63) is 54.1 Å². The van der Waals surface area contributed by atoms with Crippen LogP contribution in [0.1, 0.15) is 24.8 Å². The minimum Gasteiger partial charge on any atom is -0.493 e. The number of methoxy groups -OCH3 is 2. The zero-order valence-corrected chi connectivity index (χ0v) is 15.9. The number of nitrogens with one attached hydrogen (secondary N) is 1. The summed E-state index contributed by atoms with van der Waals surface area (Å²) < 4.78 is 10.5. The Bertz CT molecular complexity index is 811. The molecule has 1 amide bonds. The SMILES string of the molecule is COc1ccc(C=CC(=O)Nc2ccccc2N2CCCCC2)cc1OC. The van der Waals surface area contributed by atoms with Crippen molar-refractivity contribution in [1.29, 1.82) is 0 Å². The monoisotopic (exact) mass is 366 g/mol. The van der Waals surface area contributed by atoms with Gasteiger partial charge in [-0.1, -0.05) is 18.2 Å². The van der Waals surface area contributed by atoms with Crippen LogP contribution in [0.25, 0.3) is 6.08 Å². The van der Waals surface area contributed by atoms with Gasteiger partial charge in [-0.2, -0.15) is 0 Å². The molecule has 27 heavy (non-hydrogen) atoms. The first-order valence-electron chi connectivity index (χ1n) is 9.26. The summed E-state index contributed by atoms with van der Waals surface area (Å²) in [5.74, 6) is 1.14. The summed E-state index contributed by atoms with van der Waals surface area (Å²) in [5, 5.41) is 3.01. The third-order valence-electron chi connectivity index (χ3n) is 4.69. The van der Waals surface area contributed by atoms with E-state index in [1.54, 1.807) is 20.3 Å². The Labute approximate surface area is 160 Å². The third kappa shape index (κ3) is 4.82. The Hall–Kier alpha value is -2.95. The number of carbonyl (C=O) groups excluding carboxylic acids is 1. The molecule has 1 aliphatic rings. The lowest BCUT2D eigenvalue weighted by molar-refractivity contribution is -0.111. The van der Waals surface area contributed by atoms with Crippen LogP contribution in [0.2, 0.25) is 0 Å². The second-order valence-electron chi connectivity index (χ2n) is 6.50. The van der Waals surface area contributed by atoms with Gasteiger partial charge < -0.3 is 19.7 Å². The fourth-order valence-electron chi connectivity index (χ4n) is 3.29. The summed E-state index contributed by atoms with van der Waals surface area (Å²) in [6, 6.07) is 13.5. The summed E-state index contributed by atoms with van der Waals surface area (Å²) in [7, 11) is 3.19. The quantitative estimate of drug-likeness (QED) is 0.773. The minimum atomic E-state index is -0.158. The maximum Gasteiger partial charge on any atom is 0.248 e. The van der Waals surface area contributed by atoms with Crippen LogP contribution < -0.4 is 19.7 Å². The molecule has 0 bridgehead atoms. The predicted molar refractivity (Wildman–Crippen MR) is 110 cm³/mol. The number of para-hydroxylation sites is 2. The molecule has 1 saturated heterocycles. The van der Waals surface area contributed by atoms with Gasteiger partial charge in [0.05, 0.1) is 25.6 Å². The molecule has 0 radical (unpaired) electrons. The number of piperidine rings is 1. The maximum absolute atomic E-state index is 12.4. The van der Waals surface area contributed by atoms with Crippen LogP contribution in [0.15, 0.2) is 48.5 Å². The molecule has 2 aromatic carbocycles. The lowest BCUT2D eigenvalue weighted by Gasteiger charge is -2.30.